The normalized spacial score (nSPS) is 14.5. The zero-order valence-corrected chi connectivity index (χ0v) is 25.2. The largest absolute Gasteiger partial charge is 0.355 e. The Morgan fingerprint density at radius 1 is 0.900 bits per heavy atom. The lowest BCUT2D eigenvalue weighted by molar-refractivity contribution is -0.121. The fraction of sp³-hybridized carbons (Fsp3) is 0.321. The number of benzene rings is 3. The molecule has 0 aromatic heterocycles. The van der Waals surface area contributed by atoms with E-state index < -0.39 is 32.5 Å². The number of halogens is 2. The van der Waals surface area contributed by atoms with Gasteiger partial charge in [0.05, 0.1) is 16.3 Å². The minimum absolute atomic E-state index is 0.0694. The van der Waals surface area contributed by atoms with Gasteiger partial charge in [-0.05, 0) is 73.7 Å². The molecule has 3 aromatic carbocycles. The third-order valence-electron chi connectivity index (χ3n) is 6.70. The predicted molar refractivity (Wildman–Crippen MR) is 156 cm³/mol. The highest BCUT2D eigenvalue weighted by Crippen LogP contribution is 2.25. The summed E-state index contributed by atoms with van der Waals surface area (Å²) in [4.78, 5) is 13.2. The Bertz CT molecular complexity index is 1560. The molecule has 1 heterocycles. The molecule has 3 aromatic rings. The Hall–Kier alpha value is -2.47. The maximum atomic E-state index is 13.5. The van der Waals surface area contributed by atoms with Crippen LogP contribution in [0.5, 0.6) is 0 Å². The van der Waals surface area contributed by atoms with E-state index in [9.17, 15) is 21.6 Å². The number of rotatable bonds is 11. The molecule has 1 amide bonds. The second-order valence-electron chi connectivity index (χ2n) is 9.68. The van der Waals surface area contributed by atoms with Crippen LogP contribution in [0, 0.1) is 6.92 Å². The summed E-state index contributed by atoms with van der Waals surface area (Å²) in [7, 11) is -7.51. The maximum absolute atomic E-state index is 13.5. The molecule has 1 aliphatic rings. The molecule has 0 unspecified atom stereocenters. The van der Waals surface area contributed by atoms with Crippen LogP contribution in [-0.4, -0.2) is 57.5 Å². The van der Waals surface area contributed by atoms with E-state index in [0.717, 1.165) is 28.3 Å². The molecular formula is C28H31Cl2N3O5S2. The van der Waals surface area contributed by atoms with Crippen molar-refractivity contribution in [2.24, 2.45) is 0 Å². The lowest BCUT2D eigenvalue weighted by atomic mass is 10.1. The zero-order chi connectivity index (χ0) is 28.9. The van der Waals surface area contributed by atoms with Crippen molar-refractivity contribution in [3.63, 3.8) is 0 Å². The highest BCUT2D eigenvalue weighted by Gasteiger charge is 2.28. The van der Waals surface area contributed by atoms with E-state index in [1.165, 1.54) is 22.5 Å². The Morgan fingerprint density at radius 3 is 2.15 bits per heavy atom. The van der Waals surface area contributed by atoms with Crippen LogP contribution in [0.15, 0.2) is 76.5 Å². The van der Waals surface area contributed by atoms with Gasteiger partial charge in [-0.1, -0.05) is 59.1 Å². The van der Waals surface area contributed by atoms with Crippen molar-refractivity contribution < 1.29 is 21.6 Å². The van der Waals surface area contributed by atoms with Gasteiger partial charge in [0, 0.05) is 36.2 Å². The SMILES string of the molecule is Cc1ccc(S(=O)(=O)N(CC(=O)NCCc2ccc(S(=O)(=O)N3CCCC3)cc2)Cc2ccc(Cl)cc2Cl)cc1. The molecule has 12 heteroatoms. The van der Waals surface area contributed by atoms with Gasteiger partial charge in [-0.3, -0.25) is 4.79 Å². The third kappa shape index (κ3) is 7.43. The Balaban J connectivity index is 1.41. The standard InChI is InChI=1S/C28H31Cl2N3O5S2/c1-21-4-10-25(11-5-21)40(37,38)33(19-23-8-9-24(29)18-27(23)30)20-28(34)31-15-14-22-6-12-26(13-7-22)39(35,36)32-16-2-3-17-32/h4-13,18H,2-3,14-17,19-20H2,1H3,(H,31,34). The average Bonchev–Trinajstić information content (AvgIpc) is 3.46. The summed E-state index contributed by atoms with van der Waals surface area (Å²) in [5.41, 5.74) is 2.27. The quantitative estimate of drug-likeness (QED) is 0.335. The number of carbonyl (C=O) groups is 1. The van der Waals surface area contributed by atoms with E-state index in [0.29, 0.717) is 35.1 Å². The van der Waals surface area contributed by atoms with Gasteiger partial charge in [-0.15, -0.1) is 0 Å². The number of sulfonamides is 2. The maximum Gasteiger partial charge on any atom is 0.243 e. The molecule has 1 saturated heterocycles. The first-order valence-electron chi connectivity index (χ1n) is 12.8. The van der Waals surface area contributed by atoms with Crippen LogP contribution in [-0.2, 0) is 37.8 Å². The summed E-state index contributed by atoms with van der Waals surface area (Å²) in [5.74, 6) is -0.478. The number of carbonyl (C=O) groups excluding carboxylic acids is 1. The summed E-state index contributed by atoms with van der Waals surface area (Å²) in [6.45, 7) is 2.65. The first kappa shape index (κ1) is 30.5. The van der Waals surface area contributed by atoms with Gasteiger partial charge in [0.25, 0.3) is 0 Å². The zero-order valence-electron chi connectivity index (χ0n) is 22.0. The van der Waals surface area contributed by atoms with Gasteiger partial charge in [0.2, 0.25) is 26.0 Å². The summed E-state index contributed by atoms with van der Waals surface area (Å²) >= 11 is 12.3. The first-order chi connectivity index (χ1) is 19.0. The van der Waals surface area contributed by atoms with Crippen LogP contribution < -0.4 is 5.32 Å². The molecule has 0 bridgehead atoms. The number of nitrogens with one attached hydrogen (secondary N) is 1. The minimum Gasteiger partial charge on any atom is -0.355 e. The fourth-order valence-electron chi connectivity index (χ4n) is 4.39. The summed E-state index contributed by atoms with van der Waals surface area (Å²) in [6, 6.07) is 17.8. The number of hydrogen-bond acceptors (Lipinski definition) is 5. The second kappa shape index (κ2) is 13.0. The predicted octanol–water partition coefficient (Wildman–Crippen LogP) is 4.64. The van der Waals surface area contributed by atoms with Gasteiger partial charge in [0.15, 0.2) is 0 Å². The molecule has 1 aliphatic heterocycles. The molecule has 1 N–H and O–H groups in total. The van der Waals surface area contributed by atoms with Crippen molar-refractivity contribution in [3.8, 4) is 0 Å². The second-order valence-corrected chi connectivity index (χ2v) is 14.4. The topological polar surface area (TPSA) is 104 Å². The van der Waals surface area contributed by atoms with Crippen LogP contribution >= 0.6 is 23.2 Å². The van der Waals surface area contributed by atoms with Crippen molar-refractivity contribution in [3.05, 3.63) is 93.5 Å². The molecule has 8 nitrogen and oxygen atoms in total. The molecule has 0 saturated carbocycles. The lowest BCUT2D eigenvalue weighted by Crippen LogP contribution is -2.41. The van der Waals surface area contributed by atoms with Gasteiger partial charge in [-0.25, -0.2) is 16.8 Å². The van der Waals surface area contributed by atoms with Crippen molar-refractivity contribution >= 4 is 49.2 Å². The fourth-order valence-corrected chi connectivity index (χ4v) is 7.75. The van der Waals surface area contributed by atoms with E-state index in [2.05, 4.69) is 5.32 Å². The van der Waals surface area contributed by atoms with Crippen molar-refractivity contribution in [2.75, 3.05) is 26.2 Å². The van der Waals surface area contributed by atoms with E-state index in [4.69, 9.17) is 23.2 Å². The molecular weight excluding hydrogens is 593 g/mol. The molecule has 1 fully saturated rings. The molecule has 0 aliphatic carbocycles. The molecule has 214 valence electrons. The number of aryl methyl sites for hydroxylation is 1. The van der Waals surface area contributed by atoms with E-state index >= 15 is 0 Å². The highest BCUT2D eigenvalue weighted by atomic mass is 35.5. The van der Waals surface area contributed by atoms with Crippen molar-refractivity contribution in [1.82, 2.24) is 13.9 Å². The molecule has 40 heavy (non-hydrogen) atoms. The minimum atomic E-state index is -4.02. The van der Waals surface area contributed by atoms with Crippen LogP contribution in [0.4, 0.5) is 0 Å². The number of amides is 1. The Kier molecular flexibility index (Phi) is 9.92. The molecule has 0 radical (unpaired) electrons. The van der Waals surface area contributed by atoms with Crippen LogP contribution in [0.25, 0.3) is 0 Å². The summed E-state index contributed by atoms with van der Waals surface area (Å²) in [5, 5.41) is 3.48. The first-order valence-corrected chi connectivity index (χ1v) is 16.5. The van der Waals surface area contributed by atoms with Crippen LogP contribution in [0.1, 0.15) is 29.5 Å². The van der Waals surface area contributed by atoms with Gasteiger partial charge < -0.3 is 5.32 Å². The monoisotopic (exact) mass is 623 g/mol. The number of hydrogen-bond donors (Lipinski definition) is 1. The van der Waals surface area contributed by atoms with Crippen molar-refractivity contribution in [1.29, 1.82) is 0 Å². The Morgan fingerprint density at radius 2 is 1.52 bits per heavy atom. The van der Waals surface area contributed by atoms with Gasteiger partial charge in [-0.2, -0.15) is 8.61 Å². The molecule has 0 atom stereocenters. The van der Waals surface area contributed by atoms with Gasteiger partial charge in [0.1, 0.15) is 0 Å². The lowest BCUT2D eigenvalue weighted by Gasteiger charge is -2.22. The van der Waals surface area contributed by atoms with E-state index in [-0.39, 0.29) is 22.9 Å². The number of nitrogens with zero attached hydrogens (tertiary/aromatic N) is 2. The van der Waals surface area contributed by atoms with Crippen LogP contribution in [0.2, 0.25) is 10.0 Å². The summed E-state index contributed by atoms with van der Waals surface area (Å²) in [6.07, 6.45) is 2.19. The van der Waals surface area contributed by atoms with Gasteiger partial charge >= 0.3 is 0 Å². The Labute approximate surface area is 246 Å². The third-order valence-corrected chi connectivity index (χ3v) is 11.0. The van der Waals surface area contributed by atoms with Crippen LogP contribution in [0.3, 0.4) is 0 Å². The molecule has 0 spiro atoms. The summed E-state index contributed by atoms with van der Waals surface area (Å²) < 4.78 is 55.0. The van der Waals surface area contributed by atoms with E-state index in [1.54, 1.807) is 48.5 Å². The van der Waals surface area contributed by atoms with E-state index in [1.807, 2.05) is 6.92 Å². The smallest absolute Gasteiger partial charge is 0.243 e. The van der Waals surface area contributed by atoms with Crippen molar-refractivity contribution in [2.45, 2.75) is 42.5 Å². The average molecular weight is 625 g/mol. The highest BCUT2D eigenvalue weighted by molar-refractivity contribution is 7.89. The molecule has 4 rings (SSSR count).